The van der Waals surface area contributed by atoms with Gasteiger partial charge in [-0.3, -0.25) is 19.3 Å². The number of carbonyl (C=O) groups is 3. The Morgan fingerprint density at radius 1 is 1.00 bits per heavy atom. The summed E-state index contributed by atoms with van der Waals surface area (Å²) in [6.07, 6.45) is 9.02. The Morgan fingerprint density at radius 3 is 2.50 bits per heavy atom. The summed E-state index contributed by atoms with van der Waals surface area (Å²) in [4.78, 5) is 42.6. The molecule has 0 unspecified atom stereocenters. The van der Waals surface area contributed by atoms with E-state index in [2.05, 4.69) is 13.0 Å². The van der Waals surface area contributed by atoms with E-state index in [4.69, 9.17) is 4.74 Å². The average molecular weight is 532 g/mol. The van der Waals surface area contributed by atoms with Gasteiger partial charge < -0.3 is 14.2 Å². The van der Waals surface area contributed by atoms with Gasteiger partial charge in [-0.15, -0.1) is 0 Å². The Balaban J connectivity index is 1.37. The van der Waals surface area contributed by atoms with E-state index < -0.39 is 0 Å². The lowest BCUT2D eigenvalue weighted by atomic mass is 10.1. The van der Waals surface area contributed by atoms with Crippen LogP contribution in [0.15, 0.2) is 59.6 Å². The Labute approximate surface area is 227 Å². The first-order valence-corrected chi connectivity index (χ1v) is 14.2. The van der Waals surface area contributed by atoms with Crippen LogP contribution in [0.5, 0.6) is 5.75 Å². The van der Waals surface area contributed by atoms with Crippen molar-refractivity contribution in [2.75, 3.05) is 26.2 Å². The lowest BCUT2D eigenvalue weighted by Gasteiger charge is -2.21. The maximum absolute atomic E-state index is 13.2. The molecule has 3 aromatic rings. The predicted molar refractivity (Wildman–Crippen MR) is 151 cm³/mol. The number of para-hydroxylation sites is 2. The molecular formula is C30H33N3O4S. The van der Waals surface area contributed by atoms with Gasteiger partial charge in [-0.1, -0.05) is 56.2 Å². The molecule has 1 aromatic heterocycles. The zero-order chi connectivity index (χ0) is 26.5. The molecule has 3 amide bonds. The van der Waals surface area contributed by atoms with Crippen LogP contribution >= 0.6 is 11.8 Å². The van der Waals surface area contributed by atoms with Crippen LogP contribution in [0.2, 0.25) is 0 Å². The summed E-state index contributed by atoms with van der Waals surface area (Å²) in [5, 5.41) is 0.680. The summed E-state index contributed by atoms with van der Waals surface area (Å²) < 4.78 is 7.70. The number of fused-ring (bicyclic) bond motifs is 1. The quantitative estimate of drug-likeness (QED) is 0.348. The topological polar surface area (TPSA) is 71.8 Å². The highest BCUT2D eigenvalue weighted by molar-refractivity contribution is 8.18. The second kappa shape index (κ2) is 11.9. The van der Waals surface area contributed by atoms with Gasteiger partial charge in [-0.05, 0) is 54.8 Å². The molecular weight excluding hydrogens is 498 g/mol. The van der Waals surface area contributed by atoms with Crippen LogP contribution in [-0.2, 0) is 22.6 Å². The number of aryl methyl sites for hydroxylation is 1. The van der Waals surface area contributed by atoms with Gasteiger partial charge in [-0.2, -0.15) is 0 Å². The zero-order valence-electron chi connectivity index (χ0n) is 21.7. The van der Waals surface area contributed by atoms with Crippen molar-refractivity contribution < 1.29 is 19.1 Å². The van der Waals surface area contributed by atoms with E-state index >= 15 is 0 Å². The van der Waals surface area contributed by atoms with Gasteiger partial charge in [0.25, 0.3) is 11.1 Å². The van der Waals surface area contributed by atoms with Crippen molar-refractivity contribution in [3.05, 3.63) is 70.8 Å². The number of amides is 3. The molecule has 198 valence electrons. The van der Waals surface area contributed by atoms with E-state index in [9.17, 15) is 14.4 Å². The van der Waals surface area contributed by atoms with Crippen LogP contribution in [0.3, 0.4) is 0 Å². The third-order valence-electron chi connectivity index (χ3n) is 7.15. The number of imide groups is 1. The fourth-order valence-electron chi connectivity index (χ4n) is 5.16. The normalized spacial score (nSPS) is 17.4. The summed E-state index contributed by atoms with van der Waals surface area (Å²) in [7, 11) is 0. The average Bonchev–Trinajstić information content (AvgIpc) is 3.25. The van der Waals surface area contributed by atoms with E-state index in [0.29, 0.717) is 10.7 Å². The first-order chi connectivity index (χ1) is 18.5. The second-order valence-corrected chi connectivity index (χ2v) is 10.7. The summed E-state index contributed by atoms with van der Waals surface area (Å²) in [5.74, 6) is 0.508. The number of benzene rings is 2. The third kappa shape index (κ3) is 5.65. The molecule has 0 spiro atoms. The van der Waals surface area contributed by atoms with Crippen LogP contribution in [0, 0.1) is 0 Å². The largest absolute Gasteiger partial charge is 0.492 e. The van der Waals surface area contributed by atoms with Gasteiger partial charge in [0.1, 0.15) is 18.9 Å². The highest BCUT2D eigenvalue weighted by Gasteiger charge is 2.35. The Hall–Kier alpha value is -3.52. The van der Waals surface area contributed by atoms with Crippen molar-refractivity contribution in [2.45, 2.75) is 45.6 Å². The van der Waals surface area contributed by atoms with Crippen LogP contribution in [0.4, 0.5) is 4.79 Å². The molecule has 0 bridgehead atoms. The number of hydrogen-bond acceptors (Lipinski definition) is 5. The second-order valence-electron chi connectivity index (χ2n) is 9.67. The Morgan fingerprint density at radius 2 is 1.76 bits per heavy atom. The molecule has 0 N–H and O–H groups in total. The van der Waals surface area contributed by atoms with Gasteiger partial charge in [0.2, 0.25) is 5.91 Å². The molecule has 0 radical (unpaired) electrons. The Bertz CT molecular complexity index is 1360. The highest BCUT2D eigenvalue weighted by Crippen LogP contribution is 2.35. The van der Waals surface area contributed by atoms with Gasteiger partial charge in [0, 0.05) is 30.2 Å². The summed E-state index contributed by atoms with van der Waals surface area (Å²) in [6, 6.07) is 15.4. The van der Waals surface area contributed by atoms with E-state index in [1.54, 1.807) is 6.08 Å². The lowest BCUT2D eigenvalue weighted by Crippen LogP contribution is -2.34. The first kappa shape index (κ1) is 26.1. The van der Waals surface area contributed by atoms with Crippen LogP contribution in [0.25, 0.3) is 17.0 Å². The molecule has 2 saturated heterocycles. The van der Waals surface area contributed by atoms with E-state index in [0.717, 1.165) is 66.1 Å². The van der Waals surface area contributed by atoms with Crippen molar-refractivity contribution in [1.29, 1.82) is 0 Å². The molecule has 38 heavy (non-hydrogen) atoms. The third-order valence-corrected chi connectivity index (χ3v) is 8.05. The maximum Gasteiger partial charge on any atom is 0.293 e. The van der Waals surface area contributed by atoms with Crippen molar-refractivity contribution in [3.63, 3.8) is 0 Å². The minimum absolute atomic E-state index is 0.125. The SMILES string of the molecule is CCc1cccc2c(/C=C3\SC(=O)N(CCOc4ccccc4)C3=O)cn(CC(=O)N3CCCCCC3)c12. The summed E-state index contributed by atoms with van der Waals surface area (Å²) >= 11 is 0.948. The number of thioether (sulfide) groups is 1. The number of rotatable bonds is 8. The standard InChI is InChI=1S/C30H33N3O4S/c1-2-22-11-10-14-25-23(20-32(28(22)25)21-27(34)31-15-8-3-4-9-16-31)19-26-29(35)33(30(36)38-26)17-18-37-24-12-6-5-7-13-24/h5-7,10-14,19-20H,2-4,8-9,15-18,21H2,1H3/b26-19-. The number of ether oxygens (including phenoxy) is 1. The highest BCUT2D eigenvalue weighted by atomic mass is 32.2. The van der Waals surface area contributed by atoms with Crippen molar-refractivity contribution in [2.24, 2.45) is 0 Å². The maximum atomic E-state index is 13.2. The summed E-state index contributed by atoms with van der Waals surface area (Å²) in [5.41, 5.74) is 3.00. The molecule has 3 heterocycles. The zero-order valence-corrected chi connectivity index (χ0v) is 22.5. The van der Waals surface area contributed by atoms with E-state index in [1.807, 2.05) is 58.1 Å². The van der Waals surface area contributed by atoms with Crippen molar-refractivity contribution in [1.82, 2.24) is 14.4 Å². The van der Waals surface area contributed by atoms with Crippen LogP contribution in [-0.4, -0.2) is 57.7 Å². The molecule has 7 nitrogen and oxygen atoms in total. The van der Waals surface area contributed by atoms with Gasteiger partial charge >= 0.3 is 0 Å². The molecule has 8 heteroatoms. The molecule has 5 rings (SSSR count). The predicted octanol–water partition coefficient (Wildman–Crippen LogP) is 5.72. The number of hydrogen-bond donors (Lipinski definition) is 0. The first-order valence-electron chi connectivity index (χ1n) is 13.4. The molecule has 2 fully saturated rings. The smallest absolute Gasteiger partial charge is 0.293 e. The van der Waals surface area contributed by atoms with Crippen LogP contribution in [0.1, 0.15) is 43.7 Å². The van der Waals surface area contributed by atoms with Crippen LogP contribution < -0.4 is 4.74 Å². The monoisotopic (exact) mass is 531 g/mol. The lowest BCUT2D eigenvalue weighted by molar-refractivity contribution is -0.131. The number of aromatic nitrogens is 1. The Kier molecular flexibility index (Phi) is 8.17. The number of nitrogens with zero attached hydrogens (tertiary/aromatic N) is 3. The minimum Gasteiger partial charge on any atom is -0.492 e. The van der Waals surface area contributed by atoms with Crippen molar-refractivity contribution >= 4 is 45.8 Å². The molecule has 2 aliphatic rings. The fourth-order valence-corrected chi connectivity index (χ4v) is 6.02. The van der Waals surface area contributed by atoms with E-state index in [-0.39, 0.29) is 36.7 Å². The molecule has 2 aromatic carbocycles. The fraction of sp³-hybridized carbons (Fsp3) is 0.367. The summed E-state index contributed by atoms with van der Waals surface area (Å²) in [6.45, 7) is 4.40. The molecule has 2 aliphatic heterocycles. The number of likely N-dealkylation sites (tertiary alicyclic amines) is 1. The number of carbonyl (C=O) groups excluding carboxylic acids is 3. The van der Waals surface area contributed by atoms with Gasteiger partial charge in [-0.25, -0.2) is 0 Å². The minimum atomic E-state index is -0.315. The van der Waals surface area contributed by atoms with Gasteiger partial charge in [0.05, 0.1) is 17.0 Å². The van der Waals surface area contributed by atoms with E-state index in [1.165, 1.54) is 17.7 Å². The van der Waals surface area contributed by atoms with Crippen molar-refractivity contribution in [3.8, 4) is 5.75 Å². The van der Waals surface area contributed by atoms with Gasteiger partial charge in [0.15, 0.2) is 0 Å². The molecule has 0 aliphatic carbocycles. The molecule has 0 saturated carbocycles. The molecule has 0 atom stereocenters.